The van der Waals surface area contributed by atoms with Gasteiger partial charge in [0.05, 0.1) is 12.2 Å². The first kappa shape index (κ1) is 12.0. The van der Waals surface area contributed by atoms with E-state index in [-0.39, 0.29) is 6.61 Å². The van der Waals surface area contributed by atoms with E-state index in [2.05, 4.69) is 20.8 Å². The Labute approximate surface area is 87.3 Å². The lowest BCUT2D eigenvalue weighted by atomic mass is 9.66. The summed E-state index contributed by atoms with van der Waals surface area (Å²) in [5, 5.41) is 18.9. The highest BCUT2D eigenvalue weighted by molar-refractivity contribution is 4.89. The Kier molecular flexibility index (Phi) is 3.59. The van der Waals surface area contributed by atoms with E-state index in [1.807, 2.05) is 0 Å². The highest BCUT2D eigenvalue weighted by atomic mass is 16.3. The molecule has 0 amide bonds. The Balaban J connectivity index is 2.51. The third-order valence-corrected chi connectivity index (χ3v) is 4.23. The van der Waals surface area contributed by atoms with Crippen molar-refractivity contribution in [3.8, 4) is 0 Å². The molecule has 1 saturated carbocycles. The van der Waals surface area contributed by atoms with Crippen molar-refractivity contribution >= 4 is 0 Å². The number of hydrogen-bond acceptors (Lipinski definition) is 2. The van der Waals surface area contributed by atoms with Crippen molar-refractivity contribution < 1.29 is 10.2 Å². The molecule has 14 heavy (non-hydrogen) atoms. The second-order valence-electron chi connectivity index (χ2n) is 5.50. The van der Waals surface area contributed by atoms with Crippen LogP contribution in [0.4, 0.5) is 0 Å². The van der Waals surface area contributed by atoms with Gasteiger partial charge in [0, 0.05) is 0 Å². The maximum Gasteiger partial charge on any atom is 0.0877 e. The SMILES string of the molecule is CCC(C)(C)C1CCC(O)(CO)CC1. The second kappa shape index (κ2) is 4.19. The van der Waals surface area contributed by atoms with E-state index in [9.17, 15) is 5.11 Å². The normalized spacial score (nSPS) is 34.5. The van der Waals surface area contributed by atoms with Gasteiger partial charge in [-0.15, -0.1) is 0 Å². The van der Waals surface area contributed by atoms with Crippen LogP contribution >= 0.6 is 0 Å². The fourth-order valence-corrected chi connectivity index (χ4v) is 2.38. The summed E-state index contributed by atoms with van der Waals surface area (Å²) in [5.41, 5.74) is -0.392. The Bertz CT molecular complexity index is 179. The lowest BCUT2D eigenvalue weighted by Gasteiger charge is -2.41. The van der Waals surface area contributed by atoms with Crippen LogP contribution in [0, 0.1) is 11.3 Å². The van der Waals surface area contributed by atoms with Gasteiger partial charge in [-0.05, 0) is 37.0 Å². The molecule has 0 aromatic rings. The summed E-state index contributed by atoms with van der Waals surface area (Å²) in [6.07, 6.45) is 4.82. The molecule has 0 bridgehead atoms. The van der Waals surface area contributed by atoms with Gasteiger partial charge in [0.1, 0.15) is 0 Å². The number of aliphatic hydroxyl groups is 2. The van der Waals surface area contributed by atoms with Crippen molar-refractivity contribution in [3.05, 3.63) is 0 Å². The molecule has 0 unspecified atom stereocenters. The third kappa shape index (κ3) is 2.48. The molecule has 0 heterocycles. The van der Waals surface area contributed by atoms with Crippen molar-refractivity contribution in [1.82, 2.24) is 0 Å². The van der Waals surface area contributed by atoms with Crippen molar-refractivity contribution in [2.75, 3.05) is 6.61 Å². The van der Waals surface area contributed by atoms with E-state index in [4.69, 9.17) is 5.11 Å². The van der Waals surface area contributed by atoms with Gasteiger partial charge in [-0.1, -0.05) is 27.2 Å². The summed E-state index contributed by atoms with van der Waals surface area (Å²) in [5.74, 6) is 0.708. The van der Waals surface area contributed by atoms with E-state index >= 15 is 0 Å². The summed E-state index contributed by atoms with van der Waals surface area (Å²) < 4.78 is 0. The van der Waals surface area contributed by atoms with Crippen LogP contribution in [0.15, 0.2) is 0 Å². The van der Waals surface area contributed by atoms with E-state index in [1.165, 1.54) is 6.42 Å². The van der Waals surface area contributed by atoms with Crippen LogP contribution in [0.25, 0.3) is 0 Å². The van der Waals surface area contributed by atoms with Crippen LogP contribution in [0.5, 0.6) is 0 Å². The zero-order valence-electron chi connectivity index (χ0n) is 9.71. The first-order valence-electron chi connectivity index (χ1n) is 5.77. The Morgan fingerprint density at radius 2 is 1.79 bits per heavy atom. The molecule has 2 heteroatoms. The van der Waals surface area contributed by atoms with E-state index < -0.39 is 5.60 Å². The van der Waals surface area contributed by atoms with Gasteiger partial charge in [0.25, 0.3) is 0 Å². The standard InChI is InChI=1S/C12H24O2/c1-4-11(2,3)10-5-7-12(14,9-13)8-6-10/h10,13-14H,4-9H2,1-3H3. The molecule has 0 spiro atoms. The minimum Gasteiger partial charge on any atom is -0.393 e. The first-order chi connectivity index (χ1) is 6.43. The molecule has 2 N–H and O–H groups in total. The van der Waals surface area contributed by atoms with E-state index in [1.54, 1.807) is 0 Å². The zero-order chi connectivity index (χ0) is 10.8. The average molecular weight is 200 g/mol. The summed E-state index contributed by atoms with van der Waals surface area (Å²) in [7, 11) is 0. The van der Waals surface area contributed by atoms with Gasteiger partial charge in [-0.25, -0.2) is 0 Å². The summed E-state index contributed by atoms with van der Waals surface area (Å²) in [6.45, 7) is 6.76. The number of aliphatic hydroxyl groups excluding tert-OH is 1. The highest BCUT2D eigenvalue weighted by Gasteiger charge is 2.37. The number of hydrogen-bond donors (Lipinski definition) is 2. The monoisotopic (exact) mass is 200 g/mol. The molecule has 0 aromatic carbocycles. The van der Waals surface area contributed by atoms with Gasteiger partial charge in [0.2, 0.25) is 0 Å². The van der Waals surface area contributed by atoms with E-state index in [0.29, 0.717) is 11.3 Å². The van der Waals surface area contributed by atoms with Gasteiger partial charge >= 0.3 is 0 Å². The lowest BCUT2D eigenvalue weighted by Crippen LogP contribution is -2.40. The predicted molar refractivity (Wildman–Crippen MR) is 58.1 cm³/mol. The molecule has 0 aromatic heterocycles. The lowest BCUT2D eigenvalue weighted by molar-refractivity contribution is -0.0639. The Morgan fingerprint density at radius 1 is 1.29 bits per heavy atom. The topological polar surface area (TPSA) is 40.5 Å². The summed E-state index contributed by atoms with van der Waals surface area (Å²) in [4.78, 5) is 0. The van der Waals surface area contributed by atoms with E-state index in [0.717, 1.165) is 25.7 Å². The van der Waals surface area contributed by atoms with Gasteiger partial charge < -0.3 is 10.2 Å². The molecule has 0 atom stereocenters. The Hall–Kier alpha value is -0.0800. The van der Waals surface area contributed by atoms with Crippen LogP contribution < -0.4 is 0 Å². The van der Waals surface area contributed by atoms with Crippen molar-refractivity contribution in [3.63, 3.8) is 0 Å². The maximum atomic E-state index is 9.89. The Morgan fingerprint density at radius 3 is 2.14 bits per heavy atom. The third-order valence-electron chi connectivity index (χ3n) is 4.23. The molecule has 0 radical (unpaired) electrons. The van der Waals surface area contributed by atoms with Crippen LogP contribution in [0.2, 0.25) is 0 Å². The van der Waals surface area contributed by atoms with Crippen LogP contribution in [0.3, 0.4) is 0 Å². The van der Waals surface area contributed by atoms with Gasteiger partial charge in [-0.2, -0.15) is 0 Å². The average Bonchev–Trinajstić information content (AvgIpc) is 2.19. The smallest absolute Gasteiger partial charge is 0.0877 e. The maximum absolute atomic E-state index is 9.89. The zero-order valence-corrected chi connectivity index (χ0v) is 9.71. The van der Waals surface area contributed by atoms with Crippen LogP contribution in [-0.4, -0.2) is 22.4 Å². The highest BCUT2D eigenvalue weighted by Crippen LogP contribution is 2.43. The van der Waals surface area contributed by atoms with Crippen molar-refractivity contribution in [2.45, 2.75) is 58.5 Å². The molecule has 1 fully saturated rings. The molecule has 2 nitrogen and oxygen atoms in total. The molecule has 1 aliphatic carbocycles. The number of rotatable bonds is 3. The second-order valence-corrected chi connectivity index (χ2v) is 5.50. The molecule has 1 rings (SSSR count). The van der Waals surface area contributed by atoms with Gasteiger partial charge in [-0.3, -0.25) is 0 Å². The minimum atomic E-state index is -0.777. The quantitative estimate of drug-likeness (QED) is 0.734. The van der Waals surface area contributed by atoms with Crippen molar-refractivity contribution in [2.24, 2.45) is 11.3 Å². The molecule has 0 aliphatic heterocycles. The molecule has 1 aliphatic rings. The molecule has 84 valence electrons. The minimum absolute atomic E-state index is 0.0771. The first-order valence-corrected chi connectivity index (χ1v) is 5.77. The largest absolute Gasteiger partial charge is 0.393 e. The van der Waals surface area contributed by atoms with Gasteiger partial charge in [0.15, 0.2) is 0 Å². The summed E-state index contributed by atoms with van der Waals surface area (Å²) in [6, 6.07) is 0. The fourth-order valence-electron chi connectivity index (χ4n) is 2.38. The molecular weight excluding hydrogens is 176 g/mol. The van der Waals surface area contributed by atoms with Crippen molar-refractivity contribution in [1.29, 1.82) is 0 Å². The molecule has 0 saturated heterocycles. The predicted octanol–water partition coefficient (Wildman–Crippen LogP) is 2.34. The summed E-state index contributed by atoms with van der Waals surface area (Å²) >= 11 is 0. The fraction of sp³-hybridized carbons (Fsp3) is 1.00. The molecular formula is C12H24O2. The van der Waals surface area contributed by atoms with Crippen LogP contribution in [0.1, 0.15) is 52.9 Å². The van der Waals surface area contributed by atoms with Crippen LogP contribution in [-0.2, 0) is 0 Å².